The Morgan fingerprint density at radius 2 is 1.64 bits per heavy atom. The minimum Gasteiger partial charge on any atom is -0.507 e. The minimum atomic E-state index is -0.517. The summed E-state index contributed by atoms with van der Waals surface area (Å²) in [5, 5.41) is 21.3. The molecule has 33 heavy (non-hydrogen) atoms. The van der Waals surface area contributed by atoms with Gasteiger partial charge in [-0.3, -0.25) is 15.1 Å². The molecule has 1 heterocycles. The number of aliphatic hydroxyl groups is 1. The Bertz CT molecular complexity index is 1300. The van der Waals surface area contributed by atoms with E-state index in [1.54, 1.807) is 17.0 Å². The van der Waals surface area contributed by atoms with Crippen molar-refractivity contribution in [2.75, 3.05) is 4.90 Å². The van der Waals surface area contributed by atoms with Gasteiger partial charge in [0.25, 0.3) is 0 Å². The van der Waals surface area contributed by atoms with Gasteiger partial charge in [0.05, 0.1) is 0 Å². The normalized spacial score (nSPS) is 20.0. The highest BCUT2D eigenvalue weighted by atomic mass is 35.5. The highest BCUT2D eigenvalue weighted by Gasteiger charge is 2.43. The van der Waals surface area contributed by atoms with Gasteiger partial charge in [-0.2, -0.15) is 0 Å². The Hall–Kier alpha value is -3.63. The third-order valence-electron chi connectivity index (χ3n) is 6.26. The number of aliphatic hydroxyl groups excluding tert-OH is 1. The largest absolute Gasteiger partial charge is 0.507 e. The highest BCUT2D eigenvalue weighted by molar-refractivity contribution is 6.31. The molecule has 1 aliphatic carbocycles. The van der Waals surface area contributed by atoms with Crippen molar-refractivity contribution >= 4 is 34.7 Å². The molecule has 0 aromatic heterocycles. The van der Waals surface area contributed by atoms with E-state index in [0.29, 0.717) is 40.3 Å². The summed E-state index contributed by atoms with van der Waals surface area (Å²) in [7, 11) is 0. The molecule has 2 N–H and O–H groups in total. The van der Waals surface area contributed by atoms with Gasteiger partial charge < -0.3 is 5.11 Å². The first-order chi connectivity index (χ1) is 16.1. The predicted octanol–water partition coefficient (Wildman–Crippen LogP) is 6.90. The monoisotopic (exact) mass is 454 g/mol. The van der Waals surface area contributed by atoms with E-state index in [1.807, 2.05) is 72.8 Å². The van der Waals surface area contributed by atoms with Gasteiger partial charge in [0, 0.05) is 45.5 Å². The maximum Gasteiger partial charge on any atom is 0.161 e. The Morgan fingerprint density at radius 3 is 2.33 bits per heavy atom. The molecule has 0 spiro atoms. The van der Waals surface area contributed by atoms with E-state index >= 15 is 0 Å². The van der Waals surface area contributed by atoms with Crippen molar-refractivity contribution in [2.45, 2.75) is 25.2 Å². The summed E-state index contributed by atoms with van der Waals surface area (Å²) >= 11 is 6.29. The number of rotatable bonds is 3. The van der Waals surface area contributed by atoms with Gasteiger partial charge in [0.1, 0.15) is 11.6 Å². The molecule has 0 amide bonds. The van der Waals surface area contributed by atoms with Crippen molar-refractivity contribution in [3.63, 3.8) is 0 Å². The molecule has 3 aromatic carbocycles. The van der Waals surface area contributed by atoms with E-state index in [2.05, 4.69) is 0 Å². The fourth-order valence-corrected chi connectivity index (χ4v) is 5.01. The zero-order valence-electron chi connectivity index (χ0n) is 18.0. The highest BCUT2D eigenvalue weighted by Crippen LogP contribution is 2.47. The van der Waals surface area contributed by atoms with Crippen LogP contribution in [0.5, 0.6) is 0 Å². The van der Waals surface area contributed by atoms with E-state index < -0.39 is 5.92 Å². The molecule has 1 aliphatic heterocycles. The molecule has 164 valence electrons. The Morgan fingerprint density at radius 1 is 0.939 bits per heavy atom. The molecule has 1 atom stereocenters. The average molecular weight is 455 g/mol. The van der Waals surface area contributed by atoms with Crippen molar-refractivity contribution in [1.82, 2.24) is 0 Å². The first kappa shape index (κ1) is 21.2. The van der Waals surface area contributed by atoms with Gasteiger partial charge in [-0.05, 0) is 36.6 Å². The second kappa shape index (κ2) is 8.72. The second-order valence-corrected chi connectivity index (χ2v) is 8.71. The predicted molar refractivity (Wildman–Crippen MR) is 133 cm³/mol. The van der Waals surface area contributed by atoms with Crippen LogP contribution in [0.3, 0.4) is 0 Å². The van der Waals surface area contributed by atoms with Gasteiger partial charge in [-0.15, -0.1) is 0 Å². The molecule has 0 saturated carbocycles. The maximum atomic E-state index is 13.4. The topological polar surface area (TPSA) is 64.4 Å². The summed E-state index contributed by atoms with van der Waals surface area (Å²) in [6.07, 6.45) is 1.87. The molecular formula is C28H23ClN2O2. The lowest BCUT2D eigenvalue weighted by Gasteiger charge is -2.41. The van der Waals surface area contributed by atoms with E-state index in [9.17, 15) is 15.3 Å². The van der Waals surface area contributed by atoms with Gasteiger partial charge in [-0.1, -0.05) is 78.3 Å². The number of amidine groups is 1. The summed E-state index contributed by atoms with van der Waals surface area (Å²) in [4.78, 5) is 15.2. The molecular weight excluding hydrogens is 432 g/mol. The van der Waals surface area contributed by atoms with Crippen LogP contribution in [0.15, 0.2) is 102 Å². The van der Waals surface area contributed by atoms with Gasteiger partial charge in [-0.25, -0.2) is 0 Å². The molecule has 2 aliphatic rings. The van der Waals surface area contributed by atoms with Crippen LogP contribution in [0, 0.1) is 5.41 Å². The smallest absolute Gasteiger partial charge is 0.161 e. The quantitative estimate of drug-likeness (QED) is 0.423. The van der Waals surface area contributed by atoms with Crippen LogP contribution in [-0.4, -0.2) is 16.7 Å². The number of Topliss-reactive ketones (excluding diaryl/α,β-unsaturated/α-hetero) is 1. The molecule has 5 heteroatoms. The number of carbonyl (C=O) groups is 1. The number of nitrogens with zero attached hydrogens (tertiary/aromatic N) is 1. The van der Waals surface area contributed by atoms with Crippen LogP contribution >= 0.6 is 11.6 Å². The lowest BCUT2D eigenvalue weighted by Crippen LogP contribution is -2.42. The number of anilines is 1. The zero-order chi connectivity index (χ0) is 22.9. The molecule has 1 unspecified atom stereocenters. The molecule has 0 radical (unpaired) electrons. The lowest BCUT2D eigenvalue weighted by molar-refractivity contribution is -0.116. The number of halogens is 1. The van der Waals surface area contributed by atoms with Crippen LogP contribution in [-0.2, 0) is 4.79 Å². The van der Waals surface area contributed by atoms with Crippen LogP contribution in [0.4, 0.5) is 5.69 Å². The molecule has 0 bridgehead atoms. The van der Waals surface area contributed by atoms with E-state index in [0.717, 1.165) is 17.7 Å². The summed E-state index contributed by atoms with van der Waals surface area (Å²) in [6, 6.07) is 26.2. The number of nitrogens with one attached hydrogen (secondary N) is 1. The van der Waals surface area contributed by atoms with Crippen LogP contribution in [0.25, 0.3) is 5.76 Å². The van der Waals surface area contributed by atoms with Crippen molar-refractivity contribution in [3.8, 4) is 0 Å². The lowest BCUT2D eigenvalue weighted by atomic mass is 9.73. The van der Waals surface area contributed by atoms with Crippen LogP contribution in [0.1, 0.15) is 36.3 Å². The summed E-state index contributed by atoms with van der Waals surface area (Å²) in [5.41, 5.74) is 4.09. The second-order valence-electron chi connectivity index (χ2n) is 8.27. The summed E-state index contributed by atoms with van der Waals surface area (Å²) < 4.78 is 0. The summed E-state index contributed by atoms with van der Waals surface area (Å²) in [5.74, 6) is -0.299. The number of carbonyl (C=O) groups excluding carboxylic acids is 1. The molecule has 3 aromatic rings. The molecule has 0 saturated heterocycles. The Balaban J connectivity index is 1.83. The van der Waals surface area contributed by atoms with Crippen molar-refractivity contribution in [1.29, 1.82) is 5.41 Å². The van der Waals surface area contributed by atoms with Gasteiger partial charge >= 0.3 is 0 Å². The van der Waals surface area contributed by atoms with Gasteiger partial charge in [0.15, 0.2) is 5.78 Å². The van der Waals surface area contributed by atoms with Crippen molar-refractivity contribution in [2.24, 2.45) is 0 Å². The van der Waals surface area contributed by atoms with E-state index in [1.165, 1.54) is 0 Å². The van der Waals surface area contributed by atoms with Crippen LogP contribution in [0.2, 0.25) is 5.02 Å². The van der Waals surface area contributed by atoms with Gasteiger partial charge in [0.2, 0.25) is 0 Å². The zero-order valence-corrected chi connectivity index (χ0v) is 18.7. The molecule has 5 rings (SSSR count). The number of ketones is 1. The SMILES string of the molecule is N=C1C(=C(O)c2ccccc2)C(c2ccccc2)C2=C(CCCC2=O)N1c1cccc(Cl)c1. The number of hydrogen-bond donors (Lipinski definition) is 2. The Kier molecular flexibility index (Phi) is 5.61. The average Bonchev–Trinajstić information content (AvgIpc) is 2.84. The fourth-order valence-electron chi connectivity index (χ4n) is 4.82. The maximum absolute atomic E-state index is 13.4. The van der Waals surface area contributed by atoms with Crippen molar-refractivity contribution in [3.05, 3.63) is 118 Å². The first-order valence-electron chi connectivity index (χ1n) is 11.0. The molecule has 0 fully saturated rings. The van der Waals surface area contributed by atoms with E-state index in [4.69, 9.17) is 11.6 Å². The standard InChI is InChI=1S/C28H23ClN2O2/c29-20-13-7-14-21(17-20)31-22-15-8-16-23(32)25(22)24(18-9-3-1-4-10-18)26(28(31)30)27(33)19-11-5-2-6-12-19/h1-7,9-14,17,24,30,33H,8,15-16H2. The van der Waals surface area contributed by atoms with E-state index in [-0.39, 0.29) is 17.4 Å². The Labute approximate surface area is 198 Å². The van der Waals surface area contributed by atoms with Crippen LogP contribution < -0.4 is 4.90 Å². The molecule has 4 nitrogen and oxygen atoms in total. The third kappa shape index (κ3) is 3.77. The first-order valence-corrected chi connectivity index (χ1v) is 11.4. The third-order valence-corrected chi connectivity index (χ3v) is 6.49. The number of hydrogen-bond acceptors (Lipinski definition) is 3. The number of benzene rings is 3. The number of allylic oxidation sites excluding steroid dienone is 2. The minimum absolute atomic E-state index is 0.00593. The van der Waals surface area contributed by atoms with Crippen molar-refractivity contribution < 1.29 is 9.90 Å². The summed E-state index contributed by atoms with van der Waals surface area (Å²) in [6.45, 7) is 0. The fraction of sp³-hybridized carbons (Fsp3) is 0.143.